The monoisotopic (exact) mass is 289 g/mol. The van der Waals surface area contributed by atoms with Crippen LogP contribution in [0.5, 0.6) is 0 Å². The Balaban J connectivity index is 2.99. The third-order valence-corrected chi connectivity index (χ3v) is 2.95. The Labute approximate surface area is 113 Å². The first-order valence-corrected chi connectivity index (χ1v) is 5.82. The Hall–Kier alpha value is -1.76. The maximum Gasteiger partial charge on any atom is 0.416 e. The molecule has 0 aromatic heterocycles. The number of halogens is 3. The van der Waals surface area contributed by atoms with Crippen molar-refractivity contribution in [3.8, 4) is 0 Å². The van der Waals surface area contributed by atoms with Crippen molar-refractivity contribution in [3.63, 3.8) is 0 Å². The van der Waals surface area contributed by atoms with Gasteiger partial charge in [0.25, 0.3) is 0 Å². The lowest BCUT2D eigenvalue weighted by molar-refractivity contribution is -0.138. The van der Waals surface area contributed by atoms with Crippen LogP contribution in [0.2, 0.25) is 0 Å². The molecule has 1 rings (SSSR count). The zero-order valence-electron chi connectivity index (χ0n) is 10.7. The number of rotatable bonds is 5. The summed E-state index contributed by atoms with van der Waals surface area (Å²) in [6.07, 6.45) is -7.33. The summed E-state index contributed by atoms with van der Waals surface area (Å²) in [7, 11) is 0. The molecule has 0 saturated heterocycles. The number of aliphatic hydroxyl groups excluding tert-OH is 2. The van der Waals surface area contributed by atoms with Crippen LogP contribution in [0.1, 0.15) is 29.2 Å². The van der Waals surface area contributed by atoms with E-state index < -0.39 is 23.9 Å². The van der Waals surface area contributed by atoms with Gasteiger partial charge in [-0.1, -0.05) is 17.2 Å². The molecule has 5 nitrogen and oxygen atoms in total. The standard InChI is InChI=1S/C12H14F3N3O2/c1-7-8(3-2-4-9(7)12(13,14)15)11(20)10(19)5-6-17-18-16/h2-4,10-11,19-20H,5-6H2,1H3. The van der Waals surface area contributed by atoms with Crippen molar-refractivity contribution in [2.75, 3.05) is 6.54 Å². The van der Waals surface area contributed by atoms with Crippen molar-refractivity contribution in [1.29, 1.82) is 0 Å². The van der Waals surface area contributed by atoms with Gasteiger partial charge in [-0.15, -0.1) is 0 Å². The molecule has 110 valence electrons. The second-order valence-corrected chi connectivity index (χ2v) is 4.27. The van der Waals surface area contributed by atoms with E-state index in [2.05, 4.69) is 10.0 Å². The van der Waals surface area contributed by atoms with Gasteiger partial charge in [-0.25, -0.2) is 0 Å². The Morgan fingerprint density at radius 2 is 2.00 bits per heavy atom. The fourth-order valence-electron chi connectivity index (χ4n) is 1.88. The molecular formula is C12H14F3N3O2. The van der Waals surface area contributed by atoms with E-state index >= 15 is 0 Å². The van der Waals surface area contributed by atoms with Gasteiger partial charge in [0.15, 0.2) is 0 Å². The van der Waals surface area contributed by atoms with E-state index in [0.717, 1.165) is 6.07 Å². The Morgan fingerprint density at radius 3 is 2.55 bits per heavy atom. The molecule has 0 aliphatic heterocycles. The SMILES string of the molecule is Cc1c(C(O)C(O)CCN=[N+]=[N-])cccc1C(F)(F)F. The van der Waals surface area contributed by atoms with Gasteiger partial charge in [0.05, 0.1) is 11.7 Å². The maximum absolute atomic E-state index is 12.7. The van der Waals surface area contributed by atoms with Crippen molar-refractivity contribution < 1.29 is 23.4 Å². The highest BCUT2D eigenvalue weighted by molar-refractivity contribution is 5.37. The molecule has 0 spiro atoms. The van der Waals surface area contributed by atoms with Crippen LogP contribution < -0.4 is 0 Å². The van der Waals surface area contributed by atoms with Gasteiger partial charge in [0, 0.05) is 11.5 Å². The van der Waals surface area contributed by atoms with Crippen molar-refractivity contribution in [3.05, 3.63) is 45.3 Å². The number of alkyl halides is 3. The van der Waals surface area contributed by atoms with E-state index in [0.29, 0.717) is 0 Å². The average Bonchev–Trinajstić information content (AvgIpc) is 2.37. The second-order valence-electron chi connectivity index (χ2n) is 4.27. The third-order valence-electron chi connectivity index (χ3n) is 2.95. The van der Waals surface area contributed by atoms with E-state index in [1.54, 1.807) is 0 Å². The van der Waals surface area contributed by atoms with Crippen LogP contribution in [0, 0.1) is 6.92 Å². The van der Waals surface area contributed by atoms with Crippen LogP contribution in [0.25, 0.3) is 10.4 Å². The topological polar surface area (TPSA) is 89.2 Å². The highest BCUT2D eigenvalue weighted by Gasteiger charge is 2.34. The fourth-order valence-corrected chi connectivity index (χ4v) is 1.88. The van der Waals surface area contributed by atoms with E-state index in [9.17, 15) is 23.4 Å². The second kappa shape index (κ2) is 6.60. The largest absolute Gasteiger partial charge is 0.416 e. The molecule has 2 atom stereocenters. The molecule has 0 radical (unpaired) electrons. The van der Waals surface area contributed by atoms with E-state index in [1.807, 2.05) is 0 Å². The summed E-state index contributed by atoms with van der Waals surface area (Å²) in [5.74, 6) is 0. The van der Waals surface area contributed by atoms with Crippen LogP contribution in [-0.4, -0.2) is 22.9 Å². The summed E-state index contributed by atoms with van der Waals surface area (Å²) in [5.41, 5.74) is 7.12. The molecule has 0 bridgehead atoms. The molecule has 0 aliphatic carbocycles. The molecule has 1 aromatic carbocycles. The van der Waals surface area contributed by atoms with E-state index in [4.69, 9.17) is 5.53 Å². The van der Waals surface area contributed by atoms with Gasteiger partial charge in [-0.05, 0) is 36.1 Å². The summed E-state index contributed by atoms with van der Waals surface area (Å²) < 4.78 is 38.2. The first kappa shape index (κ1) is 16.3. The van der Waals surface area contributed by atoms with Crippen molar-refractivity contribution >= 4 is 0 Å². The van der Waals surface area contributed by atoms with Crippen LogP contribution in [0.4, 0.5) is 13.2 Å². The lowest BCUT2D eigenvalue weighted by Gasteiger charge is -2.21. The summed E-state index contributed by atoms with van der Waals surface area (Å²) in [4.78, 5) is 2.49. The minimum atomic E-state index is -4.52. The van der Waals surface area contributed by atoms with Gasteiger partial charge in [0.1, 0.15) is 6.10 Å². The Bertz CT molecular complexity index is 513. The van der Waals surface area contributed by atoms with Crippen LogP contribution in [-0.2, 0) is 6.18 Å². The number of benzene rings is 1. The molecule has 0 heterocycles. The highest BCUT2D eigenvalue weighted by atomic mass is 19.4. The summed E-state index contributed by atoms with van der Waals surface area (Å²) in [6, 6.07) is 3.42. The number of aliphatic hydroxyl groups is 2. The number of azide groups is 1. The Morgan fingerprint density at radius 1 is 1.35 bits per heavy atom. The quantitative estimate of drug-likeness (QED) is 0.495. The zero-order chi connectivity index (χ0) is 15.3. The normalized spacial score (nSPS) is 14.5. The number of nitrogens with zero attached hydrogens (tertiary/aromatic N) is 3. The average molecular weight is 289 g/mol. The van der Waals surface area contributed by atoms with Crippen molar-refractivity contribution in [2.45, 2.75) is 31.7 Å². The molecule has 8 heteroatoms. The lowest BCUT2D eigenvalue weighted by Crippen LogP contribution is -2.21. The van der Waals surface area contributed by atoms with E-state index in [-0.39, 0.29) is 24.1 Å². The van der Waals surface area contributed by atoms with Gasteiger partial charge in [-0.3, -0.25) is 0 Å². The number of hydrogen-bond acceptors (Lipinski definition) is 3. The molecule has 2 unspecified atom stereocenters. The predicted molar refractivity (Wildman–Crippen MR) is 65.8 cm³/mol. The molecule has 0 saturated carbocycles. The molecule has 2 N–H and O–H groups in total. The van der Waals surface area contributed by atoms with Crippen molar-refractivity contribution in [2.24, 2.45) is 5.11 Å². The van der Waals surface area contributed by atoms with Crippen molar-refractivity contribution in [1.82, 2.24) is 0 Å². The molecule has 0 aliphatic rings. The minimum absolute atomic E-state index is 0.00765. The maximum atomic E-state index is 12.7. The molecule has 1 aromatic rings. The van der Waals surface area contributed by atoms with Crippen LogP contribution >= 0.6 is 0 Å². The van der Waals surface area contributed by atoms with Gasteiger partial charge in [0.2, 0.25) is 0 Å². The smallest absolute Gasteiger partial charge is 0.390 e. The van der Waals surface area contributed by atoms with Gasteiger partial charge < -0.3 is 10.2 Å². The molecule has 0 amide bonds. The van der Waals surface area contributed by atoms with Crippen LogP contribution in [0.15, 0.2) is 23.3 Å². The molecule has 20 heavy (non-hydrogen) atoms. The first-order valence-electron chi connectivity index (χ1n) is 5.82. The summed E-state index contributed by atoms with van der Waals surface area (Å²) in [5, 5.41) is 22.8. The van der Waals surface area contributed by atoms with E-state index in [1.165, 1.54) is 19.1 Å². The Kier molecular flexibility index (Phi) is 5.38. The third kappa shape index (κ3) is 3.86. The lowest BCUT2D eigenvalue weighted by atomic mass is 9.94. The van der Waals surface area contributed by atoms with Gasteiger partial charge >= 0.3 is 6.18 Å². The molecule has 0 fully saturated rings. The fraction of sp³-hybridized carbons (Fsp3) is 0.500. The predicted octanol–water partition coefficient (Wildman–Crippen LogP) is 3.11. The summed E-state index contributed by atoms with van der Waals surface area (Å²) in [6.45, 7) is 1.19. The van der Waals surface area contributed by atoms with Gasteiger partial charge in [-0.2, -0.15) is 13.2 Å². The first-order chi connectivity index (χ1) is 9.29. The highest BCUT2D eigenvalue weighted by Crippen LogP contribution is 2.35. The zero-order valence-corrected chi connectivity index (χ0v) is 10.7. The molecular weight excluding hydrogens is 275 g/mol. The summed E-state index contributed by atoms with van der Waals surface area (Å²) >= 11 is 0. The number of hydrogen-bond donors (Lipinski definition) is 2. The minimum Gasteiger partial charge on any atom is -0.390 e. The van der Waals surface area contributed by atoms with Crippen LogP contribution in [0.3, 0.4) is 0 Å².